The lowest BCUT2D eigenvalue weighted by molar-refractivity contribution is -0.128. The molecule has 7 heteroatoms. The average molecular weight is 426 g/mol. The molecule has 0 aromatic rings. The first-order valence-electron chi connectivity index (χ1n) is 7.74. The van der Waals surface area contributed by atoms with Gasteiger partial charge in [0.25, 0.3) is 0 Å². The highest BCUT2D eigenvalue weighted by molar-refractivity contribution is 14.0. The average Bonchev–Trinajstić information content (AvgIpc) is 3.28. The summed E-state index contributed by atoms with van der Waals surface area (Å²) in [4.78, 5) is 15.9. The van der Waals surface area contributed by atoms with Crippen LogP contribution in [0.2, 0.25) is 0 Å². The van der Waals surface area contributed by atoms with Crippen LogP contribution in [-0.2, 0) is 9.53 Å². The molecule has 6 nitrogen and oxygen atoms in total. The summed E-state index contributed by atoms with van der Waals surface area (Å²) < 4.78 is 5.58. The van der Waals surface area contributed by atoms with Crippen LogP contribution in [0.1, 0.15) is 33.1 Å². The Bertz CT molecular complexity index is 357. The lowest BCUT2D eigenvalue weighted by Crippen LogP contribution is -2.47. The van der Waals surface area contributed by atoms with Gasteiger partial charge in [0.2, 0.25) is 5.91 Å². The van der Waals surface area contributed by atoms with Crippen LogP contribution in [-0.4, -0.2) is 52.3 Å². The Labute approximate surface area is 151 Å². The van der Waals surface area contributed by atoms with Crippen LogP contribution in [0, 0.1) is 11.3 Å². The van der Waals surface area contributed by atoms with Crippen molar-refractivity contribution >= 4 is 35.8 Å². The summed E-state index contributed by atoms with van der Waals surface area (Å²) in [6.07, 6.45) is 3.61. The third kappa shape index (κ3) is 8.77. The normalized spacial score (nSPS) is 15.0. The second-order valence-corrected chi connectivity index (χ2v) is 6.19. The van der Waals surface area contributed by atoms with Gasteiger partial charge >= 0.3 is 0 Å². The van der Waals surface area contributed by atoms with Crippen LogP contribution < -0.4 is 16.0 Å². The Morgan fingerprint density at radius 1 is 1.32 bits per heavy atom. The highest BCUT2D eigenvalue weighted by atomic mass is 127. The van der Waals surface area contributed by atoms with Gasteiger partial charge < -0.3 is 20.7 Å². The van der Waals surface area contributed by atoms with Crippen LogP contribution in [0.5, 0.6) is 0 Å². The fraction of sp³-hybridized carbons (Fsp3) is 0.867. The van der Waals surface area contributed by atoms with Crippen LogP contribution in [0.4, 0.5) is 0 Å². The monoisotopic (exact) mass is 426 g/mol. The van der Waals surface area contributed by atoms with Crippen molar-refractivity contribution in [1.29, 1.82) is 0 Å². The van der Waals surface area contributed by atoms with Crippen molar-refractivity contribution in [3.8, 4) is 0 Å². The Morgan fingerprint density at radius 2 is 2.00 bits per heavy atom. The van der Waals surface area contributed by atoms with E-state index in [1.54, 1.807) is 14.1 Å². The number of carbonyl (C=O) groups excluding carboxylic acids is 1. The minimum Gasteiger partial charge on any atom is -0.381 e. The van der Waals surface area contributed by atoms with Crippen LogP contribution in [0.25, 0.3) is 0 Å². The zero-order chi connectivity index (χ0) is 15.7. The number of hydrogen-bond donors (Lipinski definition) is 3. The Kier molecular flexibility index (Phi) is 10.8. The Hall–Kier alpha value is -0.570. The first-order chi connectivity index (χ1) is 9.99. The largest absolute Gasteiger partial charge is 0.381 e. The number of aliphatic imine (C=N–C) groups is 1. The molecule has 0 aliphatic heterocycles. The molecule has 1 aliphatic carbocycles. The quantitative estimate of drug-likeness (QED) is 0.225. The number of ether oxygens (including phenoxy) is 1. The SMILES string of the molecule is CN=C(NCCCOCC1CC1)NCC(C)(C)C(=O)NC.I. The van der Waals surface area contributed by atoms with Crippen molar-refractivity contribution in [3.05, 3.63) is 0 Å². The molecule has 1 aliphatic rings. The van der Waals surface area contributed by atoms with Crippen molar-refractivity contribution in [3.63, 3.8) is 0 Å². The molecule has 130 valence electrons. The third-order valence-electron chi connectivity index (χ3n) is 3.57. The lowest BCUT2D eigenvalue weighted by atomic mass is 9.92. The maximum Gasteiger partial charge on any atom is 0.227 e. The second-order valence-electron chi connectivity index (χ2n) is 6.19. The van der Waals surface area contributed by atoms with E-state index in [-0.39, 0.29) is 29.9 Å². The number of guanidine groups is 1. The summed E-state index contributed by atoms with van der Waals surface area (Å²) in [5.41, 5.74) is -0.472. The molecule has 0 aromatic heterocycles. The first kappa shape index (κ1) is 21.4. The van der Waals surface area contributed by atoms with Crippen molar-refractivity contribution in [2.75, 3.05) is 40.4 Å². The minimum atomic E-state index is -0.472. The van der Waals surface area contributed by atoms with Gasteiger partial charge in [0.1, 0.15) is 0 Å². The number of carbonyl (C=O) groups is 1. The minimum absolute atomic E-state index is 0. The number of nitrogens with zero attached hydrogens (tertiary/aromatic N) is 1. The fourth-order valence-corrected chi connectivity index (χ4v) is 1.86. The van der Waals surface area contributed by atoms with E-state index < -0.39 is 5.41 Å². The highest BCUT2D eigenvalue weighted by Gasteiger charge is 2.26. The zero-order valence-electron chi connectivity index (χ0n) is 14.2. The summed E-state index contributed by atoms with van der Waals surface area (Å²) in [5.74, 6) is 1.55. The molecule has 22 heavy (non-hydrogen) atoms. The van der Waals surface area contributed by atoms with Gasteiger partial charge in [-0.25, -0.2) is 0 Å². The van der Waals surface area contributed by atoms with Gasteiger partial charge in [-0.05, 0) is 39.0 Å². The molecule has 0 saturated heterocycles. The van der Waals surface area contributed by atoms with Gasteiger partial charge in [-0.1, -0.05) is 0 Å². The fourth-order valence-electron chi connectivity index (χ4n) is 1.86. The number of nitrogens with one attached hydrogen (secondary N) is 3. The van der Waals surface area contributed by atoms with Crippen molar-refractivity contribution < 1.29 is 9.53 Å². The van der Waals surface area contributed by atoms with Crippen molar-refractivity contribution in [2.45, 2.75) is 33.1 Å². The van der Waals surface area contributed by atoms with E-state index in [0.29, 0.717) is 12.5 Å². The number of rotatable bonds is 9. The first-order valence-corrected chi connectivity index (χ1v) is 7.74. The van der Waals surface area contributed by atoms with E-state index in [1.165, 1.54) is 12.8 Å². The lowest BCUT2D eigenvalue weighted by Gasteiger charge is -2.24. The third-order valence-corrected chi connectivity index (χ3v) is 3.57. The van der Waals surface area contributed by atoms with E-state index in [0.717, 1.165) is 32.1 Å². The van der Waals surface area contributed by atoms with Crippen LogP contribution in [0.15, 0.2) is 4.99 Å². The molecule has 3 N–H and O–H groups in total. The maximum atomic E-state index is 11.7. The molecule has 0 unspecified atom stereocenters. The molecule has 1 amide bonds. The maximum absolute atomic E-state index is 11.7. The van der Waals surface area contributed by atoms with Gasteiger partial charge in [-0.3, -0.25) is 9.79 Å². The smallest absolute Gasteiger partial charge is 0.227 e. The predicted molar refractivity (Wildman–Crippen MR) is 101 cm³/mol. The van der Waals surface area contributed by atoms with E-state index in [4.69, 9.17) is 4.74 Å². The molecular weight excluding hydrogens is 395 g/mol. The molecule has 1 saturated carbocycles. The molecule has 0 aromatic carbocycles. The molecule has 1 fully saturated rings. The second kappa shape index (κ2) is 11.0. The Morgan fingerprint density at radius 3 is 2.55 bits per heavy atom. The predicted octanol–water partition coefficient (Wildman–Crippen LogP) is 1.36. The molecule has 0 atom stereocenters. The molecule has 1 rings (SSSR count). The van der Waals surface area contributed by atoms with Crippen LogP contribution >= 0.6 is 24.0 Å². The number of hydrogen-bond acceptors (Lipinski definition) is 3. The molecule has 0 bridgehead atoms. The molecular formula is C15H31IN4O2. The van der Waals surface area contributed by atoms with E-state index in [9.17, 15) is 4.79 Å². The topological polar surface area (TPSA) is 74.8 Å². The summed E-state index contributed by atoms with van der Waals surface area (Å²) >= 11 is 0. The summed E-state index contributed by atoms with van der Waals surface area (Å²) in [6.45, 7) is 6.84. The molecule has 0 radical (unpaired) electrons. The highest BCUT2D eigenvalue weighted by Crippen LogP contribution is 2.28. The number of halogens is 1. The van der Waals surface area contributed by atoms with Gasteiger partial charge in [0.05, 0.1) is 5.41 Å². The van der Waals surface area contributed by atoms with Gasteiger partial charge in [-0.2, -0.15) is 0 Å². The molecule has 0 spiro atoms. The zero-order valence-corrected chi connectivity index (χ0v) is 16.5. The van der Waals surface area contributed by atoms with Crippen molar-refractivity contribution in [2.24, 2.45) is 16.3 Å². The molecule has 0 heterocycles. The van der Waals surface area contributed by atoms with E-state index >= 15 is 0 Å². The van der Waals surface area contributed by atoms with Crippen LogP contribution in [0.3, 0.4) is 0 Å². The van der Waals surface area contributed by atoms with E-state index in [1.807, 2.05) is 13.8 Å². The van der Waals surface area contributed by atoms with Gasteiger partial charge in [0.15, 0.2) is 5.96 Å². The summed E-state index contributed by atoms with van der Waals surface area (Å²) in [7, 11) is 3.38. The summed E-state index contributed by atoms with van der Waals surface area (Å²) in [6, 6.07) is 0. The summed E-state index contributed by atoms with van der Waals surface area (Å²) in [5, 5.41) is 9.08. The number of amides is 1. The Balaban J connectivity index is 0.00000441. The van der Waals surface area contributed by atoms with Gasteiger partial charge in [-0.15, -0.1) is 24.0 Å². The van der Waals surface area contributed by atoms with Crippen molar-refractivity contribution in [1.82, 2.24) is 16.0 Å². The van der Waals surface area contributed by atoms with Gasteiger partial charge in [0, 0.05) is 40.4 Å². The van der Waals surface area contributed by atoms with E-state index in [2.05, 4.69) is 20.9 Å². The standard InChI is InChI=1S/C15H30N4O2.HI/c1-15(2,13(20)16-3)11-19-14(17-4)18-8-5-9-21-10-12-6-7-12;/h12H,5-11H2,1-4H3,(H,16,20)(H2,17,18,19);1H.